The second-order valence-electron chi connectivity index (χ2n) is 6.09. The van der Waals surface area contributed by atoms with Gasteiger partial charge in [-0.2, -0.15) is 0 Å². The number of hydrogen-bond donors (Lipinski definition) is 1. The molecule has 116 valence electrons. The van der Waals surface area contributed by atoms with Crippen molar-refractivity contribution in [2.45, 2.75) is 31.9 Å². The summed E-state index contributed by atoms with van der Waals surface area (Å²) < 4.78 is 5.46. The number of ether oxygens (including phenoxy) is 1. The van der Waals surface area contributed by atoms with Gasteiger partial charge >= 0.3 is 0 Å². The van der Waals surface area contributed by atoms with Crippen molar-refractivity contribution in [3.8, 4) is 0 Å². The van der Waals surface area contributed by atoms with Crippen LogP contribution in [0.1, 0.15) is 25.5 Å². The lowest BCUT2D eigenvalue weighted by Gasteiger charge is -2.48. The molecule has 3 heterocycles. The molecule has 0 spiro atoms. The first-order valence-corrected chi connectivity index (χ1v) is 7.72. The van der Waals surface area contributed by atoms with Gasteiger partial charge in [0, 0.05) is 37.9 Å². The fourth-order valence-electron chi connectivity index (χ4n) is 3.23. The predicted octanol–water partition coefficient (Wildman–Crippen LogP) is 0.660. The van der Waals surface area contributed by atoms with Gasteiger partial charge in [0.25, 0.3) is 0 Å². The van der Waals surface area contributed by atoms with Crippen molar-refractivity contribution < 1.29 is 9.84 Å². The molecule has 1 aromatic rings. The zero-order chi connectivity index (χ0) is 14.7. The Balaban J connectivity index is 1.63. The first-order chi connectivity index (χ1) is 10.2. The number of aliphatic hydroxyl groups excluding tert-OH is 1. The summed E-state index contributed by atoms with van der Waals surface area (Å²) in [5.74, 6) is 0.741. The van der Waals surface area contributed by atoms with E-state index in [4.69, 9.17) is 4.74 Å². The van der Waals surface area contributed by atoms with Crippen LogP contribution >= 0.6 is 0 Å². The molecule has 2 fully saturated rings. The molecule has 0 aromatic carbocycles. The van der Waals surface area contributed by atoms with Crippen LogP contribution in [0.4, 0.5) is 5.95 Å². The molecular formula is C15H24N4O2. The van der Waals surface area contributed by atoms with Gasteiger partial charge in [-0.15, -0.1) is 0 Å². The van der Waals surface area contributed by atoms with Crippen molar-refractivity contribution in [1.29, 1.82) is 0 Å². The first-order valence-electron chi connectivity index (χ1n) is 7.72. The second-order valence-corrected chi connectivity index (χ2v) is 6.09. The van der Waals surface area contributed by atoms with Crippen LogP contribution in [0.2, 0.25) is 0 Å². The van der Waals surface area contributed by atoms with Crippen LogP contribution in [0.3, 0.4) is 0 Å². The molecule has 0 saturated carbocycles. The van der Waals surface area contributed by atoms with Crippen molar-refractivity contribution >= 4 is 5.95 Å². The van der Waals surface area contributed by atoms with Gasteiger partial charge < -0.3 is 14.7 Å². The lowest BCUT2D eigenvalue weighted by atomic mass is 9.87. The summed E-state index contributed by atoms with van der Waals surface area (Å²) in [5.41, 5.74) is 0.941. The quantitative estimate of drug-likeness (QED) is 0.883. The molecule has 0 radical (unpaired) electrons. The average Bonchev–Trinajstić information content (AvgIpc) is 2.56. The number of morpholine rings is 1. The van der Waals surface area contributed by atoms with E-state index in [1.807, 2.05) is 0 Å². The normalized spacial score (nSPS) is 23.2. The minimum atomic E-state index is -0.0329. The van der Waals surface area contributed by atoms with E-state index < -0.39 is 0 Å². The molecule has 1 aromatic heterocycles. The lowest BCUT2D eigenvalue weighted by Crippen LogP contribution is -2.57. The van der Waals surface area contributed by atoms with Crippen LogP contribution in [0.5, 0.6) is 0 Å². The van der Waals surface area contributed by atoms with Crippen LogP contribution in [-0.2, 0) is 11.3 Å². The summed E-state index contributed by atoms with van der Waals surface area (Å²) in [4.78, 5) is 13.5. The van der Waals surface area contributed by atoms with E-state index >= 15 is 0 Å². The van der Waals surface area contributed by atoms with E-state index in [9.17, 15) is 5.11 Å². The highest BCUT2D eigenvalue weighted by molar-refractivity contribution is 5.31. The molecule has 3 rings (SSSR count). The van der Waals surface area contributed by atoms with Crippen LogP contribution in [0.25, 0.3) is 0 Å². The Hall–Kier alpha value is -1.24. The molecule has 0 atom stereocenters. The molecule has 1 N–H and O–H groups in total. The molecule has 21 heavy (non-hydrogen) atoms. The maximum absolute atomic E-state index is 9.19. The largest absolute Gasteiger partial charge is 0.390 e. The van der Waals surface area contributed by atoms with Crippen LogP contribution in [0, 0.1) is 0 Å². The monoisotopic (exact) mass is 292 g/mol. The van der Waals surface area contributed by atoms with E-state index in [0.29, 0.717) is 5.69 Å². The minimum absolute atomic E-state index is 0.0329. The van der Waals surface area contributed by atoms with Crippen molar-refractivity contribution in [2.24, 2.45) is 0 Å². The van der Waals surface area contributed by atoms with Crippen LogP contribution in [0.15, 0.2) is 12.3 Å². The third kappa shape index (κ3) is 3.17. The van der Waals surface area contributed by atoms with Crippen molar-refractivity contribution in [1.82, 2.24) is 14.9 Å². The molecule has 2 saturated heterocycles. The van der Waals surface area contributed by atoms with Gasteiger partial charge in [-0.3, -0.25) is 4.90 Å². The van der Waals surface area contributed by atoms with Gasteiger partial charge in [0.05, 0.1) is 25.5 Å². The van der Waals surface area contributed by atoms with Crippen molar-refractivity contribution in [3.05, 3.63) is 18.0 Å². The van der Waals surface area contributed by atoms with Gasteiger partial charge in [-0.1, -0.05) is 0 Å². The predicted molar refractivity (Wildman–Crippen MR) is 80.2 cm³/mol. The fraction of sp³-hybridized carbons (Fsp3) is 0.733. The number of nitrogens with zero attached hydrogens (tertiary/aromatic N) is 4. The SMILES string of the molecule is CC1(N2CCOCC2)CCN(c2nccc(CO)n2)CC1. The van der Waals surface area contributed by atoms with Gasteiger partial charge in [-0.05, 0) is 25.8 Å². The Morgan fingerprint density at radius 1 is 1.24 bits per heavy atom. The molecular weight excluding hydrogens is 268 g/mol. The number of aliphatic hydroxyl groups is 1. The molecule has 6 heteroatoms. The fourth-order valence-corrected chi connectivity index (χ4v) is 3.23. The Kier molecular flexibility index (Phi) is 4.37. The van der Waals surface area contributed by atoms with Gasteiger partial charge in [0.2, 0.25) is 5.95 Å². The standard InChI is InChI=1S/C15H24N4O2/c1-15(19-8-10-21-11-9-19)3-6-18(7-4-15)14-16-5-2-13(12-20)17-14/h2,5,20H,3-4,6-12H2,1H3. The van der Waals surface area contributed by atoms with Gasteiger partial charge in [0.15, 0.2) is 0 Å². The van der Waals surface area contributed by atoms with E-state index in [1.54, 1.807) is 12.3 Å². The third-order valence-electron chi connectivity index (χ3n) is 4.76. The van der Waals surface area contributed by atoms with E-state index in [-0.39, 0.29) is 12.1 Å². The summed E-state index contributed by atoms with van der Waals surface area (Å²) in [7, 11) is 0. The summed E-state index contributed by atoms with van der Waals surface area (Å²) >= 11 is 0. The minimum Gasteiger partial charge on any atom is -0.390 e. The zero-order valence-electron chi connectivity index (χ0n) is 12.7. The van der Waals surface area contributed by atoms with Crippen LogP contribution < -0.4 is 4.90 Å². The molecule has 0 unspecified atom stereocenters. The number of anilines is 1. The molecule has 0 aliphatic carbocycles. The zero-order valence-corrected chi connectivity index (χ0v) is 12.7. The Bertz CT molecular complexity index is 468. The summed E-state index contributed by atoms with van der Waals surface area (Å²) in [6, 6.07) is 1.76. The Labute approximate surface area is 125 Å². The summed E-state index contributed by atoms with van der Waals surface area (Å²) in [6.07, 6.45) is 3.95. The molecule has 2 aliphatic rings. The van der Waals surface area contributed by atoms with Gasteiger partial charge in [0.1, 0.15) is 0 Å². The lowest BCUT2D eigenvalue weighted by molar-refractivity contribution is -0.0249. The summed E-state index contributed by atoms with van der Waals surface area (Å²) in [5, 5.41) is 9.19. The number of rotatable bonds is 3. The van der Waals surface area contributed by atoms with Gasteiger partial charge in [-0.25, -0.2) is 9.97 Å². The van der Waals surface area contributed by atoms with E-state index in [1.165, 1.54) is 0 Å². The average molecular weight is 292 g/mol. The molecule has 2 aliphatic heterocycles. The Morgan fingerprint density at radius 2 is 1.95 bits per heavy atom. The first kappa shape index (κ1) is 14.7. The molecule has 0 bridgehead atoms. The second kappa shape index (κ2) is 6.25. The maximum atomic E-state index is 9.19. The van der Waals surface area contributed by atoms with Crippen molar-refractivity contribution in [2.75, 3.05) is 44.3 Å². The highest BCUT2D eigenvalue weighted by Crippen LogP contribution is 2.30. The summed E-state index contributed by atoms with van der Waals surface area (Å²) in [6.45, 7) is 8.02. The van der Waals surface area contributed by atoms with Crippen LogP contribution in [-0.4, -0.2) is 64.9 Å². The van der Waals surface area contributed by atoms with Crippen molar-refractivity contribution in [3.63, 3.8) is 0 Å². The highest BCUT2D eigenvalue weighted by Gasteiger charge is 2.36. The maximum Gasteiger partial charge on any atom is 0.225 e. The number of aromatic nitrogens is 2. The number of piperidine rings is 1. The smallest absolute Gasteiger partial charge is 0.225 e. The molecule has 6 nitrogen and oxygen atoms in total. The highest BCUT2D eigenvalue weighted by atomic mass is 16.5. The van der Waals surface area contributed by atoms with E-state index in [2.05, 4.69) is 26.7 Å². The Morgan fingerprint density at radius 3 is 2.62 bits per heavy atom. The third-order valence-corrected chi connectivity index (χ3v) is 4.76. The number of hydrogen-bond acceptors (Lipinski definition) is 6. The van der Waals surface area contributed by atoms with E-state index in [0.717, 1.165) is 58.2 Å². The topological polar surface area (TPSA) is 61.7 Å². The molecule has 0 amide bonds.